The summed E-state index contributed by atoms with van der Waals surface area (Å²) in [6.45, 7) is 7.82. The Balaban J connectivity index is 1.51. The van der Waals surface area contributed by atoms with Crippen molar-refractivity contribution in [2.24, 2.45) is 0 Å². The van der Waals surface area contributed by atoms with E-state index in [1.54, 1.807) is 47.1 Å². The van der Waals surface area contributed by atoms with Gasteiger partial charge >= 0.3 is 0 Å². The van der Waals surface area contributed by atoms with Crippen molar-refractivity contribution < 1.29 is 9.53 Å². The molecule has 3 heterocycles. The van der Waals surface area contributed by atoms with Gasteiger partial charge in [-0.2, -0.15) is 10.1 Å². The highest BCUT2D eigenvalue weighted by molar-refractivity contribution is 7.18. The van der Waals surface area contributed by atoms with Crippen LogP contribution in [-0.2, 0) is 0 Å². The Kier molecular flexibility index (Phi) is 5.75. The second-order valence-electron chi connectivity index (χ2n) is 7.00. The normalized spacial score (nSPS) is 10.9. The quantitative estimate of drug-likeness (QED) is 0.422. The summed E-state index contributed by atoms with van der Waals surface area (Å²) in [6.07, 6.45) is 0. The molecule has 0 saturated heterocycles. The fourth-order valence-corrected chi connectivity index (χ4v) is 3.92. The van der Waals surface area contributed by atoms with Crippen LogP contribution in [0.3, 0.4) is 0 Å². The van der Waals surface area contributed by atoms with Gasteiger partial charge in [0.15, 0.2) is 5.82 Å². The van der Waals surface area contributed by atoms with Crippen LogP contribution in [0.4, 0.5) is 5.69 Å². The minimum Gasteiger partial charge on any atom is -0.439 e. The number of hydrogen-bond acceptors (Lipinski definition) is 6. The first kappa shape index (κ1) is 21.0. The lowest BCUT2D eigenvalue weighted by Crippen LogP contribution is -2.09. The third-order valence-electron chi connectivity index (χ3n) is 4.80. The molecule has 0 radical (unpaired) electrons. The number of carbonyl (C=O) groups is 1. The van der Waals surface area contributed by atoms with E-state index in [2.05, 4.69) is 20.4 Å². The molecule has 0 bridgehead atoms. The highest BCUT2D eigenvalue weighted by Gasteiger charge is 2.13. The van der Waals surface area contributed by atoms with Crippen molar-refractivity contribution in [1.29, 1.82) is 0 Å². The number of rotatable bonds is 5. The van der Waals surface area contributed by atoms with E-state index in [4.69, 9.17) is 16.3 Å². The first-order chi connectivity index (χ1) is 14.8. The lowest BCUT2D eigenvalue weighted by molar-refractivity contribution is 0.103. The highest BCUT2D eigenvalue weighted by atomic mass is 35.5. The van der Waals surface area contributed by atoms with Gasteiger partial charge in [-0.1, -0.05) is 11.6 Å². The van der Waals surface area contributed by atoms with E-state index in [1.165, 1.54) is 11.3 Å². The van der Waals surface area contributed by atoms with Gasteiger partial charge in [-0.15, -0.1) is 11.3 Å². The van der Waals surface area contributed by atoms with Crippen LogP contribution < -0.4 is 10.1 Å². The van der Waals surface area contributed by atoms with E-state index in [1.807, 2.05) is 27.7 Å². The van der Waals surface area contributed by atoms with Crippen LogP contribution in [0.2, 0.25) is 4.34 Å². The van der Waals surface area contributed by atoms with Gasteiger partial charge in [0.25, 0.3) is 5.91 Å². The number of ether oxygens (including phenoxy) is 1. The van der Waals surface area contributed by atoms with Crippen molar-refractivity contribution >= 4 is 34.5 Å². The summed E-state index contributed by atoms with van der Waals surface area (Å²) >= 11 is 7.12. The molecule has 4 rings (SSSR count). The number of nitrogens with one attached hydrogen (secondary N) is 1. The predicted octanol–water partition coefficient (Wildman–Crippen LogP) is 5.66. The Morgan fingerprint density at radius 1 is 1.06 bits per heavy atom. The van der Waals surface area contributed by atoms with Crippen LogP contribution in [-0.4, -0.2) is 25.7 Å². The molecule has 0 aliphatic heterocycles. The monoisotopic (exact) mass is 453 g/mol. The molecule has 0 spiro atoms. The zero-order valence-corrected chi connectivity index (χ0v) is 19.0. The molecule has 0 aliphatic carbocycles. The lowest BCUT2D eigenvalue weighted by atomic mass is 10.2. The number of hydrogen-bond donors (Lipinski definition) is 1. The van der Waals surface area contributed by atoms with Crippen LogP contribution in [0.25, 0.3) is 5.82 Å². The van der Waals surface area contributed by atoms with E-state index in [9.17, 15) is 4.79 Å². The molecule has 0 saturated carbocycles. The molecule has 3 aromatic heterocycles. The number of thiophene rings is 1. The first-order valence-electron chi connectivity index (χ1n) is 9.53. The summed E-state index contributed by atoms with van der Waals surface area (Å²) in [5.74, 6) is 2.02. The van der Waals surface area contributed by atoms with Gasteiger partial charge in [0, 0.05) is 17.4 Å². The van der Waals surface area contributed by atoms with Crippen molar-refractivity contribution in [2.75, 3.05) is 5.32 Å². The van der Waals surface area contributed by atoms with Gasteiger partial charge in [-0.05, 0) is 69.7 Å². The summed E-state index contributed by atoms with van der Waals surface area (Å²) in [4.78, 5) is 21.7. The summed E-state index contributed by atoms with van der Waals surface area (Å²) in [5.41, 5.74) is 3.76. The zero-order chi connectivity index (χ0) is 22.1. The highest BCUT2D eigenvalue weighted by Crippen LogP contribution is 2.26. The van der Waals surface area contributed by atoms with Crippen LogP contribution >= 0.6 is 22.9 Å². The molecule has 9 heteroatoms. The molecule has 1 amide bonds. The number of nitrogens with zero attached hydrogens (tertiary/aromatic N) is 4. The van der Waals surface area contributed by atoms with Gasteiger partial charge in [-0.25, -0.2) is 9.67 Å². The number of amides is 1. The van der Waals surface area contributed by atoms with Gasteiger partial charge < -0.3 is 10.1 Å². The third kappa shape index (κ3) is 4.60. The summed E-state index contributed by atoms with van der Waals surface area (Å²) in [7, 11) is 0. The van der Waals surface area contributed by atoms with Crippen LogP contribution in [0.1, 0.15) is 32.4 Å². The maximum atomic E-state index is 12.3. The lowest BCUT2D eigenvalue weighted by Gasteiger charge is -2.10. The van der Waals surface area contributed by atoms with Crippen molar-refractivity contribution in [2.45, 2.75) is 27.7 Å². The van der Waals surface area contributed by atoms with Crippen LogP contribution in [0.5, 0.6) is 11.6 Å². The van der Waals surface area contributed by atoms with Crippen LogP contribution in [0, 0.1) is 27.7 Å². The Labute approximate surface area is 188 Å². The van der Waals surface area contributed by atoms with Crippen LogP contribution in [0.15, 0.2) is 42.5 Å². The maximum Gasteiger partial charge on any atom is 0.265 e. The first-order valence-corrected chi connectivity index (χ1v) is 10.7. The molecule has 0 unspecified atom stereocenters. The molecular weight excluding hydrogens is 434 g/mol. The molecule has 0 atom stereocenters. The predicted molar refractivity (Wildman–Crippen MR) is 122 cm³/mol. The second-order valence-corrected chi connectivity index (χ2v) is 8.72. The average Bonchev–Trinajstić information content (AvgIpc) is 3.28. The van der Waals surface area contributed by atoms with Gasteiger partial charge in [0.2, 0.25) is 5.88 Å². The number of anilines is 1. The molecule has 1 aromatic carbocycles. The Bertz CT molecular complexity index is 1260. The average molecular weight is 454 g/mol. The van der Waals surface area contributed by atoms with E-state index >= 15 is 0 Å². The Morgan fingerprint density at radius 2 is 1.81 bits per heavy atom. The number of benzene rings is 1. The van der Waals surface area contributed by atoms with Crippen molar-refractivity contribution in [1.82, 2.24) is 19.7 Å². The number of carbonyl (C=O) groups excluding carboxylic acids is 1. The smallest absolute Gasteiger partial charge is 0.265 e. The molecule has 4 aromatic rings. The SMILES string of the molecule is Cc1nc(Oc2ccc(NC(=O)c3ccc(Cl)s3)cc2)cc(-n2nc(C)c(C)c2C)n1. The van der Waals surface area contributed by atoms with Crippen molar-refractivity contribution in [3.63, 3.8) is 0 Å². The van der Waals surface area contributed by atoms with E-state index in [0.717, 1.165) is 17.0 Å². The van der Waals surface area contributed by atoms with Crippen molar-refractivity contribution in [3.05, 3.63) is 74.5 Å². The molecule has 158 valence electrons. The van der Waals surface area contributed by atoms with E-state index < -0.39 is 0 Å². The molecule has 0 aliphatic rings. The van der Waals surface area contributed by atoms with E-state index in [0.29, 0.717) is 38.2 Å². The number of halogens is 1. The summed E-state index contributed by atoms with van der Waals surface area (Å²) in [6, 6.07) is 12.2. The minimum absolute atomic E-state index is 0.207. The molecule has 1 N–H and O–H groups in total. The molecule has 7 nitrogen and oxygen atoms in total. The van der Waals surface area contributed by atoms with Crippen molar-refractivity contribution in [3.8, 4) is 17.4 Å². The number of aromatic nitrogens is 4. The Morgan fingerprint density at radius 3 is 2.42 bits per heavy atom. The minimum atomic E-state index is -0.207. The van der Waals surface area contributed by atoms with Gasteiger partial charge in [0.05, 0.1) is 14.9 Å². The summed E-state index contributed by atoms with van der Waals surface area (Å²) in [5, 5.41) is 7.39. The molecular formula is C22H20ClN5O2S. The van der Waals surface area contributed by atoms with E-state index in [-0.39, 0.29) is 5.91 Å². The maximum absolute atomic E-state index is 12.3. The zero-order valence-electron chi connectivity index (χ0n) is 17.4. The topological polar surface area (TPSA) is 81.9 Å². The van der Waals surface area contributed by atoms with Gasteiger partial charge in [-0.3, -0.25) is 4.79 Å². The Hall–Kier alpha value is -3.23. The third-order valence-corrected chi connectivity index (χ3v) is 6.03. The van der Waals surface area contributed by atoms with Gasteiger partial charge in [0.1, 0.15) is 11.6 Å². The summed E-state index contributed by atoms with van der Waals surface area (Å²) < 4.78 is 8.29. The molecule has 0 fully saturated rings. The number of aryl methyl sites for hydroxylation is 2. The standard InChI is InChI=1S/C22H20ClN5O2S/c1-12-13(2)27-28(14(12)3)20-11-21(25-15(4)24-20)30-17-7-5-16(6-8-17)26-22(29)18-9-10-19(23)31-18/h5-11H,1-4H3,(H,26,29). The second kappa shape index (κ2) is 8.49. The fourth-order valence-electron chi connectivity index (χ4n) is 2.99. The largest absolute Gasteiger partial charge is 0.439 e. The fraction of sp³-hybridized carbons (Fsp3) is 0.182. The molecule has 31 heavy (non-hydrogen) atoms.